The topological polar surface area (TPSA) is 42.4 Å². The molecule has 0 atom stereocenters. The van der Waals surface area contributed by atoms with E-state index in [1.807, 2.05) is 5.38 Å². The number of benzene rings is 1. The lowest BCUT2D eigenvalue weighted by Crippen LogP contribution is -2.01. The first-order valence-corrected chi connectivity index (χ1v) is 7.31. The first-order valence-electron chi connectivity index (χ1n) is 6.43. The van der Waals surface area contributed by atoms with Gasteiger partial charge >= 0.3 is 0 Å². The highest BCUT2D eigenvalue weighted by atomic mass is 32.1. The van der Waals surface area contributed by atoms with Gasteiger partial charge in [0.15, 0.2) is 0 Å². The highest BCUT2D eigenvalue weighted by Gasteiger charge is 2.03. The second-order valence-electron chi connectivity index (χ2n) is 4.61. The summed E-state index contributed by atoms with van der Waals surface area (Å²) in [6, 6.07) is 6.25. The molecular weight excluding hydrogens is 258 g/mol. The fourth-order valence-electron chi connectivity index (χ4n) is 1.80. The zero-order valence-corrected chi connectivity index (χ0v) is 12.2. The molecule has 0 spiro atoms. The van der Waals surface area contributed by atoms with Crippen LogP contribution in [-0.2, 0) is 13.0 Å². The van der Waals surface area contributed by atoms with Crippen LogP contribution >= 0.6 is 11.3 Å². The third kappa shape index (κ3) is 4.04. The fourth-order valence-corrected chi connectivity index (χ4v) is 2.64. The Morgan fingerprint density at radius 2 is 2.16 bits per heavy atom. The third-order valence-corrected chi connectivity index (χ3v) is 3.85. The molecule has 0 fully saturated rings. The van der Waals surface area contributed by atoms with Gasteiger partial charge in [-0.1, -0.05) is 12.1 Å². The number of rotatable bonds is 6. The van der Waals surface area contributed by atoms with Crippen LogP contribution in [0.2, 0.25) is 0 Å². The van der Waals surface area contributed by atoms with Crippen molar-refractivity contribution in [2.45, 2.75) is 33.3 Å². The maximum atomic E-state index is 8.95. The minimum absolute atomic E-state index is 0.0233. The summed E-state index contributed by atoms with van der Waals surface area (Å²) in [6.45, 7) is 4.84. The Morgan fingerprint density at radius 3 is 2.89 bits per heavy atom. The van der Waals surface area contributed by atoms with Crippen LogP contribution in [0.25, 0.3) is 0 Å². The lowest BCUT2D eigenvalue weighted by Gasteiger charge is -2.09. The molecule has 1 aromatic heterocycles. The monoisotopic (exact) mass is 277 g/mol. The van der Waals surface area contributed by atoms with E-state index in [4.69, 9.17) is 9.84 Å². The molecule has 0 radical (unpaired) electrons. The van der Waals surface area contributed by atoms with E-state index in [0.29, 0.717) is 6.61 Å². The average Bonchev–Trinajstić information content (AvgIpc) is 2.86. The summed E-state index contributed by atoms with van der Waals surface area (Å²) in [7, 11) is 0. The lowest BCUT2D eigenvalue weighted by molar-refractivity contribution is 0.277. The standard InChI is InChI=1S/C15H19NO2S/c1-11-5-6-12(2)14(8-11)18-7-3-4-15-16-13(9-17)10-19-15/h5-6,8,10,17H,3-4,7,9H2,1-2H3. The molecule has 102 valence electrons. The van der Waals surface area contributed by atoms with Crippen molar-refractivity contribution in [3.05, 3.63) is 45.4 Å². The highest BCUT2D eigenvalue weighted by molar-refractivity contribution is 7.09. The van der Waals surface area contributed by atoms with E-state index in [-0.39, 0.29) is 6.61 Å². The second-order valence-corrected chi connectivity index (χ2v) is 5.55. The summed E-state index contributed by atoms with van der Waals surface area (Å²) in [5.41, 5.74) is 3.14. The molecule has 0 amide bonds. The van der Waals surface area contributed by atoms with Crippen molar-refractivity contribution in [3.63, 3.8) is 0 Å². The molecule has 0 aliphatic carbocycles. The second kappa shape index (κ2) is 6.68. The van der Waals surface area contributed by atoms with E-state index in [2.05, 4.69) is 37.0 Å². The predicted molar refractivity (Wildman–Crippen MR) is 77.8 cm³/mol. The SMILES string of the molecule is Cc1ccc(C)c(OCCCc2nc(CO)cs2)c1. The van der Waals surface area contributed by atoms with Gasteiger partial charge in [0.1, 0.15) is 5.75 Å². The summed E-state index contributed by atoms with van der Waals surface area (Å²) in [6.07, 6.45) is 1.83. The Balaban J connectivity index is 1.79. The van der Waals surface area contributed by atoms with Crippen LogP contribution < -0.4 is 4.74 Å². The number of ether oxygens (including phenoxy) is 1. The summed E-state index contributed by atoms with van der Waals surface area (Å²) in [4.78, 5) is 4.32. The van der Waals surface area contributed by atoms with Crippen molar-refractivity contribution in [1.82, 2.24) is 4.98 Å². The van der Waals surface area contributed by atoms with Gasteiger partial charge in [0.05, 0.1) is 23.9 Å². The van der Waals surface area contributed by atoms with E-state index in [1.165, 1.54) is 11.1 Å². The van der Waals surface area contributed by atoms with Gasteiger partial charge in [0.25, 0.3) is 0 Å². The van der Waals surface area contributed by atoms with Crippen molar-refractivity contribution < 1.29 is 9.84 Å². The van der Waals surface area contributed by atoms with Gasteiger partial charge in [-0.2, -0.15) is 0 Å². The van der Waals surface area contributed by atoms with Crippen molar-refractivity contribution in [2.75, 3.05) is 6.61 Å². The highest BCUT2D eigenvalue weighted by Crippen LogP contribution is 2.19. The lowest BCUT2D eigenvalue weighted by atomic mass is 10.1. The van der Waals surface area contributed by atoms with Crippen LogP contribution in [0.5, 0.6) is 5.75 Å². The molecule has 0 bridgehead atoms. The smallest absolute Gasteiger partial charge is 0.122 e. The summed E-state index contributed by atoms with van der Waals surface area (Å²) in [5.74, 6) is 0.968. The Hall–Kier alpha value is -1.39. The molecular formula is C15H19NO2S. The Labute approximate surface area is 117 Å². The summed E-state index contributed by atoms with van der Waals surface area (Å²) < 4.78 is 5.80. The van der Waals surface area contributed by atoms with E-state index < -0.39 is 0 Å². The number of hydrogen-bond acceptors (Lipinski definition) is 4. The van der Waals surface area contributed by atoms with Crippen molar-refractivity contribution in [3.8, 4) is 5.75 Å². The van der Waals surface area contributed by atoms with Crippen LogP contribution in [0.3, 0.4) is 0 Å². The van der Waals surface area contributed by atoms with Crippen LogP contribution in [0.4, 0.5) is 0 Å². The maximum Gasteiger partial charge on any atom is 0.122 e. The molecule has 0 aliphatic rings. The largest absolute Gasteiger partial charge is 0.493 e. The molecule has 0 aliphatic heterocycles. The van der Waals surface area contributed by atoms with Gasteiger partial charge < -0.3 is 9.84 Å². The quantitative estimate of drug-likeness (QED) is 0.824. The summed E-state index contributed by atoms with van der Waals surface area (Å²) >= 11 is 1.60. The zero-order valence-electron chi connectivity index (χ0n) is 11.3. The Morgan fingerprint density at radius 1 is 1.32 bits per heavy atom. The van der Waals surface area contributed by atoms with Crippen molar-refractivity contribution in [1.29, 1.82) is 0 Å². The van der Waals surface area contributed by atoms with Gasteiger partial charge in [-0.05, 0) is 37.5 Å². The minimum atomic E-state index is 0.0233. The molecule has 0 saturated heterocycles. The number of aryl methyl sites for hydroxylation is 3. The first-order chi connectivity index (χ1) is 9.19. The molecule has 1 aromatic carbocycles. The number of hydrogen-bond donors (Lipinski definition) is 1. The maximum absolute atomic E-state index is 8.95. The first kappa shape index (κ1) is 14.0. The number of aliphatic hydroxyl groups is 1. The van der Waals surface area contributed by atoms with Gasteiger partial charge in [-0.3, -0.25) is 0 Å². The van der Waals surface area contributed by atoms with Gasteiger partial charge in [-0.25, -0.2) is 4.98 Å². The Kier molecular flexibility index (Phi) is 4.93. The molecule has 1 heterocycles. The third-order valence-electron chi connectivity index (χ3n) is 2.90. The Bertz CT molecular complexity index is 537. The molecule has 0 saturated carbocycles. The van der Waals surface area contributed by atoms with E-state index in [1.54, 1.807) is 11.3 Å². The van der Waals surface area contributed by atoms with Crippen LogP contribution in [-0.4, -0.2) is 16.7 Å². The predicted octanol–water partition coefficient (Wildman–Crippen LogP) is 3.26. The van der Waals surface area contributed by atoms with Crippen LogP contribution in [0.1, 0.15) is 28.2 Å². The van der Waals surface area contributed by atoms with E-state index >= 15 is 0 Å². The number of aliphatic hydroxyl groups excluding tert-OH is 1. The number of nitrogens with zero attached hydrogens (tertiary/aromatic N) is 1. The average molecular weight is 277 g/mol. The minimum Gasteiger partial charge on any atom is -0.493 e. The van der Waals surface area contributed by atoms with E-state index in [0.717, 1.165) is 29.3 Å². The van der Waals surface area contributed by atoms with Crippen LogP contribution in [0.15, 0.2) is 23.6 Å². The van der Waals surface area contributed by atoms with Crippen LogP contribution in [0, 0.1) is 13.8 Å². The molecule has 1 N–H and O–H groups in total. The zero-order chi connectivity index (χ0) is 13.7. The van der Waals surface area contributed by atoms with E-state index in [9.17, 15) is 0 Å². The molecule has 4 heteroatoms. The molecule has 19 heavy (non-hydrogen) atoms. The van der Waals surface area contributed by atoms with Gasteiger partial charge in [-0.15, -0.1) is 11.3 Å². The fraction of sp³-hybridized carbons (Fsp3) is 0.400. The molecule has 3 nitrogen and oxygen atoms in total. The van der Waals surface area contributed by atoms with Gasteiger partial charge in [0, 0.05) is 11.8 Å². The summed E-state index contributed by atoms with van der Waals surface area (Å²) in [5, 5.41) is 11.9. The van der Waals surface area contributed by atoms with Crippen molar-refractivity contribution >= 4 is 11.3 Å². The molecule has 2 aromatic rings. The number of thiazole rings is 1. The molecule has 0 unspecified atom stereocenters. The molecule has 2 rings (SSSR count). The normalized spacial score (nSPS) is 10.7. The van der Waals surface area contributed by atoms with Crippen molar-refractivity contribution in [2.24, 2.45) is 0 Å². The van der Waals surface area contributed by atoms with Gasteiger partial charge in [0.2, 0.25) is 0 Å². The number of aromatic nitrogens is 1.